The first-order valence-electron chi connectivity index (χ1n) is 5.98. The highest BCUT2D eigenvalue weighted by Gasteiger charge is 2.14. The van der Waals surface area contributed by atoms with Crippen LogP contribution in [-0.4, -0.2) is 39.4 Å². The number of hydrogen-bond acceptors (Lipinski definition) is 5. The maximum atomic E-state index is 11.7. The fourth-order valence-electron chi connectivity index (χ4n) is 1.51. The summed E-state index contributed by atoms with van der Waals surface area (Å²) in [4.78, 5) is 11.7. The molecule has 0 aromatic heterocycles. The monoisotopic (exact) mass is 268 g/mol. The van der Waals surface area contributed by atoms with Crippen molar-refractivity contribution in [3.05, 3.63) is 18.2 Å². The van der Waals surface area contributed by atoms with E-state index in [1.807, 2.05) is 6.92 Å². The minimum atomic E-state index is -0.706. The fraction of sp³-hybridized carbons (Fsp3) is 0.462. The van der Waals surface area contributed by atoms with Gasteiger partial charge in [0.05, 0.1) is 20.3 Å². The first kappa shape index (κ1) is 15.3. The molecule has 1 aromatic carbocycles. The number of benzene rings is 1. The Balaban J connectivity index is 2.76. The minimum Gasteiger partial charge on any atom is -0.493 e. The van der Waals surface area contributed by atoms with Crippen LogP contribution in [0.15, 0.2) is 18.2 Å². The van der Waals surface area contributed by atoms with Gasteiger partial charge in [0.1, 0.15) is 6.04 Å². The van der Waals surface area contributed by atoms with E-state index in [4.69, 9.17) is 19.9 Å². The van der Waals surface area contributed by atoms with E-state index in [0.717, 1.165) is 0 Å². The molecule has 1 rings (SSSR count). The van der Waals surface area contributed by atoms with E-state index in [9.17, 15) is 4.79 Å². The summed E-state index contributed by atoms with van der Waals surface area (Å²) >= 11 is 0. The zero-order valence-electron chi connectivity index (χ0n) is 11.4. The van der Waals surface area contributed by atoms with Crippen molar-refractivity contribution in [3.63, 3.8) is 0 Å². The second kappa shape index (κ2) is 7.60. The molecule has 0 saturated heterocycles. The summed E-state index contributed by atoms with van der Waals surface area (Å²) in [6.07, 6.45) is 0. The molecule has 1 aromatic rings. The molecule has 0 aliphatic rings. The Kier molecular flexibility index (Phi) is 6.11. The average molecular weight is 268 g/mol. The van der Waals surface area contributed by atoms with Gasteiger partial charge in [-0.3, -0.25) is 4.79 Å². The van der Waals surface area contributed by atoms with Gasteiger partial charge in [-0.25, -0.2) is 0 Å². The topological polar surface area (TPSA) is 82.8 Å². The molecule has 0 spiro atoms. The summed E-state index contributed by atoms with van der Waals surface area (Å²) in [6, 6.07) is 4.44. The van der Waals surface area contributed by atoms with Crippen LogP contribution in [0.25, 0.3) is 0 Å². The molecule has 0 heterocycles. The quantitative estimate of drug-likeness (QED) is 0.771. The number of nitrogens with two attached hydrogens (primary N) is 1. The van der Waals surface area contributed by atoms with Crippen molar-refractivity contribution in [3.8, 4) is 11.5 Å². The summed E-state index contributed by atoms with van der Waals surface area (Å²) in [5, 5.41) is 2.69. The van der Waals surface area contributed by atoms with Crippen molar-refractivity contribution in [1.82, 2.24) is 0 Å². The number of ether oxygens (including phenoxy) is 3. The van der Waals surface area contributed by atoms with Crippen molar-refractivity contribution in [2.45, 2.75) is 13.0 Å². The third-order valence-electron chi connectivity index (χ3n) is 2.41. The van der Waals surface area contributed by atoms with E-state index >= 15 is 0 Å². The summed E-state index contributed by atoms with van der Waals surface area (Å²) < 4.78 is 15.4. The fourth-order valence-corrected chi connectivity index (χ4v) is 1.51. The van der Waals surface area contributed by atoms with Crippen LogP contribution in [0.1, 0.15) is 6.92 Å². The molecular weight excluding hydrogens is 248 g/mol. The molecule has 0 bridgehead atoms. The van der Waals surface area contributed by atoms with Crippen LogP contribution in [0, 0.1) is 0 Å². The van der Waals surface area contributed by atoms with Crippen molar-refractivity contribution in [2.75, 3.05) is 32.8 Å². The average Bonchev–Trinajstić information content (AvgIpc) is 2.41. The molecular formula is C13H20N2O4. The number of nitrogens with one attached hydrogen (secondary N) is 1. The highest BCUT2D eigenvalue weighted by Crippen LogP contribution is 2.30. The number of amides is 1. The van der Waals surface area contributed by atoms with Gasteiger partial charge in [0, 0.05) is 18.9 Å². The van der Waals surface area contributed by atoms with E-state index in [1.165, 1.54) is 7.11 Å². The Bertz CT molecular complexity index is 423. The maximum Gasteiger partial charge on any atom is 0.243 e. The Morgan fingerprint density at radius 1 is 1.37 bits per heavy atom. The third kappa shape index (κ3) is 4.42. The van der Waals surface area contributed by atoms with Gasteiger partial charge < -0.3 is 25.3 Å². The zero-order valence-corrected chi connectivity index (χ0v) is 11.4. The third-order valence-corrected chi connectivity index (χ3v) is 2.41. The van der Waals surface area contributed by atoms with Crippen molar-refractivity contribution >= 4 is 11.6 Å². The second-order valence-corrected chi connectivity index (χ2v) is 3.85. The number of carbonyl (C=O) groups excluding carboxylic acids is 1. The normalized spacial score (nSPS) is 11.8. The molecule has 0 radical (unpaired) electrons. The molecule has 1 amide bonds. The first-order chi connectivity index (χ1) is 9.12. The van der Waals surface area contributed by atoms with E-state index in [0.29, 0.717) is 23.8 Å². The predicted molar refractivity (Wildman–Crippen MR) is 72.6 cm³/mol. The second-order valence-electron chi connectivity index (χ2n) is 3.85. The zero-order chi connectivity index (χ0) is 14.3. The Morgan fingerprint density at radius 3 is 2.68 bits per heavy atom. The number of anilines is 1. The predicted octanol–water partition coefficient (Wildman–Crippen LogP) is 1.01. The number of methoxy groups -OCH3 is 2. The van der Waals surface area contributed by atoms with Gasteiger partial charge in [-0.05, 0) is 19.1 Å². The van der Waals surface area contributed by atoms with Gasteiger partial charge in [0.2, 0.25) is 5.91 Å². The van der Waals surface area contributed by atoms with Gasteiger partial charge >= 0.3 is 0 Å². The summed E-state index contributed by atoms with van der Waals surface area (Å²) in [7, 11) is 3.03. The standard InChI is InChI=1S/C13H20N2O4/c1-4-19-11-6-5-9(7-12(11)18-3)15-13(16)10(14)8-17-2/h5-7,10H,4,8,14H2,1-3H3,(H,15,16). The molecule has 0 aliphatic heterocycles. The van der Waals surface area contributed by atoms with Gasteiger partial charge in [-0.2, -0.15) is 0 Å². The lowest BCUT2D eigenvalue weighted by molar-refractivity contribution is -0.118. The summed E-state index contributed by atoms with van der Waals surface area (Å²) in [5.74, 6) is 0.872. The lowest BCUT2D eigenvalue weighted by atomic mass is 10.2. The van der Waals surface area contributed by atoms with Gasteiger partial charge in [0.25, 0.3) is 0 Å². The summed E-state index contributed by atoms with van der Waals surface area (Å²) in [5.41, 5.74) is 6.23. The summed E-state index contributed by atoms with van der Waals surface area (Å²) in [6.45, 7) is 2.60. The molecule has 0 fully saturated rings. The number of hydrogen-bond donors (Lipinski definition) is 2. The van der Waals surface area contributed by atoms with Crippen molar-refractivity contribution in [2.24, 2.45) is 5.73 Å². The van der Waals surface area contributed by atoms with Crippen LogP contribution in [0.3, 0.4) is 0 Å². The smallest absolute Gasteiger partial charge is 0.243 e. The largest absolute Gasteiger partial charge is 0.493 e. The maximum absolute atomic E-state index is 11.7. The van der Waals surface area contributed by atoms with Crippen LogP contribution in [0.5, 0.6) is 11.5 Å². The van der Waals surface area contributed by atoms with Crippen LogP contribution in [-0.2, 0) is 9.53 Å². The van der Waals surface area contributed by atoms with E-state index in [1.54, 1.807) is 25.3 Å². The van der Waals surface area contributed by atoms with Crippen molar-refractivity contribution in [1.29, 1.82) is 0 Å². The minimum absolute atomic E-state index is 0.167. The van der Waals surface area contributed by atoms with E-state index in [2.05, 4.69) is 5.32 Å². The molecule has 6 nitrogen and oxygen atoms in total. The van der Waals surface area contributed by atoms with Crippen LogP contribution in [0.4, 0.5) is 5.69 Å². The molecule has 1 atom stereocenters. The Morgan fingerprint density at radius 2 is 2.11 bits per heavy atom. The number of carbonyl (C=O) groups is 1. The Hall–Kier alpha value is -1.79. The molecule has 1 unspecified atom stereocenters. The highest BCUT2D eigenvalue weighted by molar-refractivity contribution is 5.95. The molecule has 106 valence electrons. The van der Waals surface area contributed by atoms with Crippen LogP contribution in [0.2, 0.25) is 0 Å². The van der Waals surface area contributed by atoms with Gasteiger partial charge in [-0.15, -0.1) is 0 Å². The van der Waals surface area contributed by atoms with Crippen LogP contribution < -0.4 is 20.5 Å². The molecule has 3 N–H and O–H groups in total. The van der Waals surface area contributed by atoms with Crippen LogP contribution >= 0.6 is 0 Å². The molecule has 6 heteroatoms. The molecule has 19 heavy (non-hydrogen) atoms. The van der Waals surface area contributed by atoms with Gasteiger partial charge in [0.15, 0.2) is 11.5 Å². The SMILES string of the molecule is CCOc1ccc(NC(=O)C(N)COC)cc1OC. The highest BCUT2D eigenvalue weighted by atomic mass is 16.5. The number of rotatable bonds is 7. The van der Waals surface area contributed by atoms with Gasteiger partial charge in [-0.1, -0.05) is 0 Å². The first-order valence-corrected chi connectivity index (χ1v) is 5.98. The van der Waals surface area contributed by atoms with E-state index in [-0.39, 0.29) is 12.5 Å². The molecule has 0 aliphatic carbocycles. The lowest BCUT2D eigenvalue weighted by Crippen LogP contribution is -2.39. The lowest BCUT2D eigenvalue weighted by Gasteiger charge is -2.14. The van der Waals surface area contributed by atoms with E-state index < -0.39 is 6.04 Å². The Labute approximate surface area is 112 Å². The molecule has 0 saturated carbocycles. The van der Waals surface area contributed by atoms with Crippen molar-refractivity contribution < 1.29 is 19.0 Å².